The summed E-state index contributed by atoms with van der Waals surface area (Å²) in [6, 6.07) is 5.92. The van der Waals surface area contributed by atoms with Gasteiger partial charge in [-0.15, -0.1) is 12.4 Å². The number of ether oxygens (including phenoxy) is 1. The van der Waals surface area contributed by atoms with Gasteiger partial charge in [0.2, 0.25) is 0 Å². The standard InChI is InChI=1S/C14H19IN2O2.ClH/c1-17(10-5-7-16-8-6-10)14(18)12-4-3-11(19-2)9-13(12)15;/h3-4,9-10,16H,5-8H2,1-2H3;1H. The van der Waals surface area contributed by atoms with E-state index in [4.69, 9.17) is 4.74 Å². The molecule has 20 heavy (non-hydrogen) atoms. The maximum atomic E-state index is 12.5. The molecular weight excluding hydrogens is 391 g/mol. The van der Waals surface area contributed by atoms with Crippen molar-refractivity contribution >= 4 is 40.9 Å². The van der Waals surface area contributed by atoms with Crippen molar-refractivity contribution in [2.24, 2.45) is 0 Å². The molecule has 1 amide bonds. The molecule has 0 radical (unpaired) electrons. The molecule has 112 valence electrons. The summed E-state index contributed by atoms with van der Waals surface area (Å²) < 4.78 is 6.10. The molecule has 1 aromatic carbocycles. The third-order valence-corrected chi connectivity index (χ3v) is 4.48. The molecular formula is C14H20ClIN2O2. The van der Waals surface area contributed by atoms with Crippen LogP contribution in [0.25, 0.3) is 0 Å². The number of amides is 1. The quantitative estimate of drug-likeness (QED) is 0.779. The summed E-state index contributed by atoms with van der Waals surface area (Å²) in [5.74, 6) is 0.879. The van der Waals surface area contributed by atoms with Crippen molar-refractivity contribution < 1.29 is 9.53 Å². The number of halogens is 2. The molecule has 0 aromatic heterocycles. The molecule has 1 heterocycles. The maximum Gasteiger partial charge on any atom is 0.254 e. The Labute approximate surface area is 139 Å². The van der Waals surface area contributed by atoms with E-state index in [1.54, 1.807) is 7.11 Å². The lowest BCUT2D eigenvalue weighted by molar-refractivity contribution is 0.0702. The van der Waals surface area contributed by atoms with Gasteiger partial charge in [0.05, 0.1) is 12.7 Å². The van der Waals surface area contributed by atoms with Crippen LogP contribution in [0.2, 0.25) is 0 Å². The van der Waals surface area contributed by atoms with Gasteiger partial charge in [0.15, 0.2) is 0 Å². The van der Waals surface area contributed by atoms with Crippen LogP contribution < -0.4 is 10.1 Å². The first-order chi connectivity index (χ1) is 9.13. The van der Waals surface area contributed by atoms with E-state index in [-0.39, 0.29) is 18.3 Å². The van der Waals surface area contributed by atoms with Crippen LogP contribution in [0.1, 0.15) is 23.2 Å². The molecule has 6 heteroatoms. The van der Waals surface area contributed by atoms with Gasteiger partial charge >= 0.3 is 0 Å². The van der Waals surface area contributed by atoms with Crippen LogP contribution in [-0.4, -0.2) is 44.1 Å². The van der Waals surface area contributed by atoms with Gasteiger partial charge in [-0.1, -0.05) is 0 Å². The number of piperidine rings is 1. The lowest BCUT2D eigenvalue weighted by Crippen LogP contribution is -2.44. The van der Waals surface area contributed by atoms with E-state index in [2.05, 4.69) is 27.9 Å². The van der Waals surface area contributed by atoms with Crippen molar-refractivity contribution in [2.75, 3.05) is 27.2 Å². The summed E-state index contributed by atoms with van der Waals surface area (Å²) in [4.78, 5) is 14.4. The number of nitrogens with zero attached hydrogens (tertiary/aromatic N) is 1. The van der Waals surface area contributed by atoms with Gasteiger partial charge in [0.1, 0.15) is 5.75 Å². The molecule has 0 saturated carbocycles. The lowest BCUT2D eigenvalue weighted by atomic mass is 10.0. The molecule has 0 unspecified atom stereocenters. The lowest BCUT2D eigenvalue weighted by Gasteiger charge is -2.32. The zero-order valence-electron chi connectivity index (χ0n) is 11.7. The number of carbonyl (C=O) groups is 1. The minimum absolute atomic E-state index is 0. The summed E-state index contributed by atoms with van der Waals surface area (Å²) in [6.07, 6.45) is 2.05. The summed E-state index contributed by atoms with van der Waals surface area (Å²) in [5.41, 5.74) is 0.752. The average Bonchev–Trinajstić information content (AvgIpc) is 2.46. The Bertz CT molecular complexity index is 464. The highest BCUT2D eigenvalue weighted by molar-refractivity contribution is 14.1. The van der Waals surface area contributed by atoms with Crippen molar-refractivity contribution in [2.45, 2.75) is 18.9 Å². The van der Waals surface area contributed by atoms with E-state index >= 15 is 0 Å². The third-order valence-electron chi connectivity index (χ3n) is 3.58. The van der Waals surface area contributed by atoms with Gasteiger partial charge in [0, 0.05) is 16.7 Å². The fourth-order valence-corrected chi connectivity index (χ4v) is 3.06. The fraction of sp³-hybridized carbons (Fsp3) is 0.500. The maximum absolute atomic E-state index is 12.5. The minimum Gasteiger partial charge on any atom is -0.497 e. The SMILES string of the molecule is COc1ccc(C(=O)N(C)C2CCNCC2)c(I)c1.Cl. The highest BCUT2D eigenvalue weighted by Gasteiger charge is 2.24. The summed E-state index contributed by atoms with van der Waals surface area (Å²) in [6.45, 7) is 1.98. The van der Waals surface area contributed by atoms with Gasteiger partial charge < -0.3 is 15.0 Å². The van der Waals surface area contributed by atoms with E-state index in [0.29, 0.717) is 6.04 Å². The predicted molar refractivity (Wildman–Crippen MR) is 90.9 cm³/mol. The first kappa shape index (κ1) is 17.5. The molecule has 1 aliphatic rings. The second-order valence-electron chi connectivity index (χ2n) is 4.74. The second-order valence-corrected chi connectivity index (χ2v) is 5.91. The highest BCUT2D eigenvalue weighted by atomic mass is 127. The van der Waals surface area contributed by atoms with E-state index in [0.717, 1.165) is 40.8 Å². The molecule has 4 nitrogen and oxygen atoms in total. The Balaban J connectivity index is 0.00000200. The molecule has 0 bridgehead atoms. The van der Waals surface area contributed by atoms with Crippen molar-refractivity contribution in [1.82, 2.24) is 10.2 Å². The van der Waals surface area contributed by atoms with Crippen molar-refractivity contribution in [3.05, 3.63) is 27.3 Å². The highest BCUT2D eigenvalue weighted by Crippen LogP contribution is 2.22. The van der Waals surface area contributed by atoms with Crippen LogP contribution in [0.3, 0.4) is 0 Å². The largest absolute Gasteiger partial charge is 0.497 e. The topological polar surface area (TPSA) is 41.6 Å². The van der Waals surface area contributed by atoms with E-state index in [1.165, 1.54) is 0 Å². The van der Waals surface area contributed by atoms with Crippen LogP contribution >= 0.6 is 35.0 Å². The van der Waals surface area contributed by atoms with E-state index in [9.17, 15) is 4.79 Å². The van der Waals surface area contributed by atoms with Gasteiger partial charge in [-0.05, 0) is 66.7 Å². The summed E-state index contributed by atoms with van der Waals surface area (Å²) >= 11 is 2.19. The Morgan fingerprint density at radius 3 is 2.60 bits per heavy atom. The van der Waals surface area contributed by atoms with Crippen molar-refractivity contribution in [3.63, 3.8) is 0 Å². The number of hydrogen-bond donors (Lipinski definition) is 1. The Morgan fingerprint density at radius 2 is 2.05 bits per heavy atom. The molecule has 2 rings (SSSR count). The fourth-order valence-electron chi connectivity index (χ4n) is 2.35. The smallest absolute Gasteiger partial charge is 0.254 e. The molecule has 0 spiro atoms. The summed E-state index contributed by atoms with van der Waals surface area (Å²) in [5, 5.41) is 3.32. The normalized spacial score (nSPS) is 15.3. The molecule has 0 atom stereocenters. The first-order valence-electron chi connectivity index (χ1n) is 6.45. The predicted octanol–water partition coefficient (Wildman–Crippen LogP) is 2.55. The van der Waals surface area contributed by atoms with Crippen LogP contribution in [0, 0.1) is 3.57 Å². The number of methoxy groups -OCH3 is 1. The van der Waals surface area contributed by atoms with Crippen molar-refractivity contribution in [1.29, 1.82) is 0 Å². The second kappa shape index (κ2) is 8.05. The van der Waals surface area contributed by atoms with Crippen molar-refractivity contribution in [3.8, 4) is 5.75 Å². The van der Waals surface area contributed by atoms with Crippen LogP contribution in [0.4, 0.5) is 0 Å². The Kier molecular flexibility index (Phi) is 7.05. The number of rotatable bonds is 3. The Hall–Kier alpha value is -0.530. The number of benzene rings is 1. The van der Waals surface area contributed by atoms with Gasteiger partial charge in [0.25, 0.3) is 5.91 Å². The van der Waals surface area contributed by atoms with Crippen LogP contribution in [0.15, 0.2) is 18.2 Å². The zero-order valence-corrected chi connectivity index (χ0v) is 14.7. The van der Waals surface area contributed by atoms with E-state index in [1.807, 2.05) is 30.1 Å². The van der Waals surface area contributed by atoms with Gasteiger partial charge in [-0.25, -0.2) is 0 Å². The van der Waals surface area contributed by atoms with E-state index < -0.39 is 0 Å². The molecule has 1 aliphatic heterocycles. The van der Waals surface area contributed by atoms with Crippen LogP contribution in [-0.2, 0) is 0 Å². The number of nitrogens with one attached hydrogen (secondary N) is 1. The third kappa shape index (κ3) is 3.99. The number of carbonyl (C=O) groups excluding carboxylic acids is 1. The molecule has 1 saturated heterocycles. The minimum atomic E-state index is 0. The number of hydrogen-bond acceptors (Lipinski definition) is 3. The van der Waals surface area contributed by atoms with Gasteiger partial charge in [-0.3, -0.25) is 4.79 Å². The molecule has 1 fully saturated rings. The monoisotopic (exact) mass is 410 g/mol. The van der Waals surface area contributed by atoms with Gasteiger partial charge in [-0.2, -0.15) is 0 Å². The average molecular weight is 411 g/mol. The summed E-state index contributed by atoms with van der Waals surface area (Å²) in [7, 11) is 3.53. The molecule has 0 aliphatic carbocycles. The molecule has 1 N–H and O–H groups in total. The van der Waals surface area contributed by atoms with Crippen LogP contribution in [0.5, 0.6) is 5.75 Å². The zero-order chi connectivity index (χ0) is 13.8. The molecule has 1 aromatic rings. The first-order valence-corrected chi connectivity index (χ1v) is 7.52. The Morgan fingerprint density at radius 1 is 1.40 bits per heavy atom.